The Morgan fingerprint density at radius 1 is 1.36 bits per heavy atom. The van der Waals surface area contributed by atoms with Gasteiger partial charge in [0.15, 0.2) is 5.04 Å². The molecule has 0 saturated heterocycles. The highest BCUT2D eigenvalue weighted by molar-refractivity contribution is 8.16. The minimum atomic E-state index is 0.0949. The van der Waals surface area contributed by atoms with E-state index in [9.17, 15) is 4.79 Å². The van der Waals surface area contributed by atoms with Crippen LogP contribution < -0.4 is 0 Å². The zero-order valence-corrected chi connectivity index (χ0v) is 10.1. The Hall–Kier alpha value is -0.510. The Labute approximate surface area is 90.0 Å². The van der Waals surface area contributed by atoms with Crippen LogP contribution in [0.4, 0.5) is 0 Å². The highest BCUT2D eigenvalue weighted by Crippen LogP contribution is 2.16. The molecule has 14 heavy (non-hydrogen) atoms. The molecule has 0 atom stereocenters. The maximum Gasteiger partial charge on any atom is 0.279 e. The number of aliphatic imine (C=N–C) groups is 1. The van der Waals surface area contributed by atoms with E-state index in [4.69, 9.17) is 0 Å². The van der Waals surface area contributed by atoms with E-state index >= 15 is 0 Å². The number of thioether (sulfide) groups is 1. The van der Waals surface area contributed by atoms with Gasteiger partial charge in [-0.25, -0.2) is 0 Å². The van der Waals surface area contributed by atoms with Gasteiger partial charge >= 0.3 is 0 Å². The lowest BCUT2D eigenvalue weighted by molar-refractivity contribution is -0.127. The van der Waals surface area contributed by atoms with Crippen LogP contribution in [0.1, 0.15) is 27.7 Å². The molecule has 1 heterocycles. The predicted molar refractivity (Wildman–Crippen MR) is 61.9 cm³/mol. The summed E-state index contributed by atoms with van der Waals surface area (Å²) < 4.78 is 0. The normalized spacial score (nSPS) is 16.3. The molecule has 80 valence electrons. The molecule has 0 saturated carbocycles. The summed E-state index contributed by atoms with van der Waals surface area (Å²) in [5.74, 6) is 1.04. The number of hydrogen-bond donors (Lipinski definition) is 0. The average molecular weight is 214 g/mol. The number of amides is 1. The largest absolute Gasteiger partial charge is 0.332 e. The van der Waals surface area contributed by atoms with Gasteiger partial charge in [0.25, 0.3) is 5.91 Å². The molecule has 0 N–H and O–H groups in total. The zero-order chi connectivity index (χ0) is 10.7. The molecule has 0 aromatic carbocycles. The molecule has 1 aliphatic heterocycles. The van der Waals surface area contributed by atoms with E-state index in [-0.39, 0.29) is 18.0 Å². The van der Waals surface area contributed by atoms with Crippen LogP contribution in [-0.2, 0) is 4.79 Å². The smallest absolute Gasteiger partial charge is 0.279 e. The maximum absolute atomic E-state index is 12.0. The fourth-order valence-corrected chi connectivity index (χ4v) is 2.43. The van der Waals surface area contributed by atoms with Crippen LogP contribution in [0.3, 0.4) is 0 Å². The lowest BCUT2D eigenvalue weighted by atomic mass is 10.2. The second-order valence-electron chi connectivity index (χ2n) is 3.94. The molecule has 3 nitrogen and oxygen atoms in total. The van der Waals surface area contributed by atoms with E-state index in [1.165, 1.54) is 0 Å². The lowest BCUT2D eigenvalue weighted by Gasteiger charge is -2.30. The van der Waals surface area contributed by atoms with E-state index in [0.717, 1.165) is 12.3 Å². The number of hydrogen-bond acceptors (Lipinski definition) is 3. The van der Waals surface area contributed by atoms with E-state index in [1.54, 1.807) is 11.8 Å². The van der Waals surface area contributed by atoms with Crippen LogP contribution >= 0.6 is 11.8 Å². The number of nitrogens with zero attached hydrogens (tertiary/aromatic N) is 2. The number of carbonyl (C=O) groups excluding carboxylic acids is 1. The second kappa shape index (κ2) is 4.82. The van der Waals surface area contributed by atoms with Crippen molar-refractivity contribution in [1.82, 2.24) is 4.90 Å². The quantitative estimate of drug-likeness (QED) is 0.717. The minimum absolute atomic E-state index is 0.0949. The van der Waals surface area contributed by atoms with Gasteiger partial charge in [0.1, 0.15) is 0 Å². The van der Waals surface area contributed by atoms with Crippen molar-refractivity contribution in [3.8, 4) is 0 Å². The third kappa shape index (κ3) is 2.50. The van der Waals surface area contributed by atoms with Gasteiger partial charge in [0, 0.05) is 24.4 Å². The first-order chi connectivity index (χ1) is 6.54. The summed E-state index contributed by atoms with van der Waals surface area (Å²) in [5, 5.41) is 0.687. The Morgan fingerprint density at radius 3 is 2.29 bits per heavy atom. The van der Waals surface area contributed by atoms with Crippen molar-refractivity contribution in [3.05, 3.63) is 0 Å². The first-order valence-corrected chi connectivity index (χ1v) is 6.02. The van der Waals surface area contributed by atoms with Crippen LogP contribution in [0.15, 0.2) is 4.99 Å². The summed E-state index contributed by atoms with van der Waals surface area (Å²) in [4.78, 5) is 18.1. The van der Waals surface area contributed by atoms with Gasteiger partial charge in [0.05, 0.1) is 0 Å². The first-order valence-electron chi connectivity index (χ1n) is 5.04. The van der Waals surface area contributed by atoms with E-state index in [2.05, 4.69) is 4.99 Å². The molecule has 0 radical (unpaired) electrons. The average Bonchev–Trinajstić information content (AvgIpc) is 2.53. The van der Waals surface area contributed by atoms with Crippen LogP contribution in [0.25, 0.3) is 0 Å². The molecule has 0 spiro atoms. The van der Waals surface area contributed by atoms with Gasteiger partial charge < -0.3 is 4.90 Å². The second-order valence-corrected chi connectivity index (χ2v) is 5.02. The summed E-state index contributed by atoms with van der Waals surface area (Å²) in [7, 11) is 0. The van der Waals surface area contributed by atoms with E-state index in [0.29, 0.717) is 5.04 Å². The van der Waals surface area contributed by atoms with Crippen molar-refractivity contribution in [2.45, 2.75) is 39.8 Å². The third-order valence-electron chi connectivity index (χ3n) is 2.12. The summed E-state index contributed by atoms with van der Waals surface area (Å²) in [5.41, 5.74) is 0. The molecule has 0 aromatic heterocycles. The van der Waals surface area contributed by atoms with Crippen molar-refractivity contribution in [1.29, 1.82) is 0 Å². The standard InChI is InChI=1S/C10H18N2OS/c1-7(2)12(8(3)4)10(13)9-11-5-6-14-9/h7-8H,5-6H2,1-4H3. The van der Waals surface area contributed by atoms with Gasteiger partial charge in [-0.3, -0.25) is 9.79 Å². The summed E-state index contributed by atoms with van der Waals surface area (Å²) in [6, 6.07) is 0.484. The van der Waals surface area contributed by atoms with Crippen LogP contribution in [0.2, 0.25) is 0 Å². The van der Waals surface area contributed by atoms with Gasteiger partial charge in [-0.1, -0.05) is 11.8 Å². The fourth-order valence-electron chi connectivity index (χ4n) is 1.64. The number of carbonyl (C=O) groups is 1. The summed E-state index contributed by atoms with van der Waals surface area (Å²) in [6.07, 6.45) is 0. The van der Waals surface area contributed by atoms with E-state index < -0.39 is 0 Å². The Kier molecular flexibility index (Phi) is 3.98. The molecule has 0 unspecified atom stereocenters. The molecule has 1 amide bonds. The van der Waals surface area contributed by atoms with Gasteiger partial charge in [-0.2, -0.15) is 0 Å². The monoisotopic (exact) mass is 214 g/mol. The molecule has 1 aliphatic rings. The van der Waals surface area contributed by atoms with Gasteiger partial charge in [0.2, 0.25) is 0 Å². The zero-order valence-electron chi connectivity index (χ0n) is 9.28. The SMILES string of the molecule is CC(C)N(C(=O)C1=NCCS1)C(C)C. The molecular weight excluding hydrogens is 196 g/mol. The Bertz CT molecular complexity index is 241. The topological polar surface area (TPSA) is 32.7 Å². The highest BCUT2D eigenvalue weighted by atomic mass is 32.2. The first kappa shape index (κ1) is 11.6. The molecule has 0 aromatic rings. The van der Waals surface area contributed by atoms with Crippen LogP contribution in [-0.4, -0.2) is 40.2 Å². The highest BCUT2D eigenvalue weighted by Gasteiger charge is 2.26. The molecule has 0 fully saturated rings. The number of rotatable bonds is 3. The summed E-state index contributed by atoms with van der Waals surface area (Å²) >= 11 is 1.57. The van der Waals surface area contributed by atoms with Crippen molar-refractivity contribution >= 4 is 22.7 Å². The molecule has 0 aliphatic carbocycles. The Morgan fingerprint density at radius 2 is 1.93 bits per heavy atom. The van der Waals surface area contributed by atoms with Crippen molar-refractivity contribution in [3.63, 3.8) is 0 Å². The van der Waals surface area contributed by atoms with E-state index in [1.807, 2.05) is 32.6 Å². The predicted octanol–water partition coefficient (Wildman–Crippen LogP) is 1.78. The molecule has 1 rings (SSSR count). The fraction of sp³-hybridized carbons (Fsp3) is 0.800. The molecular formula is C10H18N2OS. The van der Waals surface area contributed by atoms with Crippen molar-refractivity contribution in [2.75, 3.05) is 12.3 Å². The van der Waals surface area contributed by atoms with Gasteiger partial charge in [-0.15, -0.1) is 0 Å². The minimum Gasteiger partial charge on any atom is -0.332 e. The molecule has 0 bridgehead atoms. The van der Waals surface area contributed by atoms with Crippen molar-refractivity contribution in [2.24, 2.45) is 4.99 Å². The maximum atomic E-state index is 12.0. The summed E-state index contributed by atoms with van der Waals surface area (Å²) in [6.45, 7) is 8.95. The molecule has 4 heteroatoms. The Balaban J connectivity index is 2.73. The van der Waals surface area contributed by atoms with Crippen molar-refractivity contribution < 1.29 is 4.79 Å². The van der Waals surface area contributed by atoms with Crippen LogP contribution in [0, 0.1) is 0 Å². The third-order valence-corrected chi connectivity index (χ3v) is 3.08. The van der Waals surface area contributed by atoms with Crippen LogP contribution in [0.5, 0.6) is 0 Å². The lowest BCUT2D eigenvalue weighted by Crippen LogP contribution is -2.44. The van der Waals surface area contributed by atoms with Gasteiger partial charge in [-0.05, 0) is 27.7 Å².